The van der Waals surface area contributed by atoms with Crippen LogP contribution in [0.2, 0.25) is 0 Å². The van der Waals surface area contributed by atoms with Crippen LogP contribution in [0.3, 0.4) is 0 Å². The molecule has 1 fully saturated rings. The van der Waals surface area contributed by atoms with E-state index in [0.29, 0.717) is 30.2 Å². The van der Waals surface area contributed by atoms with Crippen molar-refractivity contribution < 1.29 is 14.3 Å². The number of hydrogen-bond donors (Lipinski definition) is 3. The van der Waals surface area contributed by atoms with Gasteiger partial charge in [-0.05, 0) is 56.8 Å². The summed E-state index contributed by atoms with van der Waals surface area (Å²) in [6.07, 6.45) is 10.7. The number of aromatic amines is 1. The maximum absolute atomic E-state index is 15.5. The van der Waals surface area contributed by atoms with Crippen LogP contribution in [0.1, 0.15) is 48.9 Å². The monoisotopic (exact) mass is 442 g/mol. The summed E-state index contributed by atoms with van der Waals surface area (Å²) in [5, 5.41) is 12.7. The van der Waals surface area contributed by atoms with E-state index in [1.807, 2.05) is 19.1 Å². The van der Waals surface area contributed by atoms with Crippen molar-refractivity contribution in [2.75, 3.05) is 5.32 Å². The van der Waals surface area contributed by atoms with Crippen LogP contribution in [0.25, 0.3) is 5.57 Å². The zero-order valence-electron chi connectivity index (χ0n) is 17.0. The Morgan fingerprint density at radius 1 is 1.32 bits per heavy atom. The van der Waals surface area contributed by atoms with E-state index in [1.54, 1.807) is 6.20 Å². The van der Waals surface area contributed by atoms with Gasteiger partial charge in [-0.2, -0.15) is 0 Å². The van der Waals surface area contributed by atoms with Crippen molar-refractivity contribution in [1.82, 2.24) is 15.0 Å². The number of alkyl halides is 1. The molecule has 0 bridgehead atoms. The molecule has 0 radical (unpaired) electrons. The number of H-pyrrole nitrogens is 1. The second-order valence-corrected chi connectivity index (χ2v) is 8.97. The third kappa shape index (κ3) is 4.82. The second-order valence-electron chi connectivity index (χ2n) is 7.94. The van der Waals surface area contributed by atoms with E-state index < -0.39 is 17.6 Å². The molecule has 31 heavy (non-hydrogen) atoms. The molecule has 0 aliphatic heterocycles. The van der Waals surface area contributed by atoms with Gasteiger partial charge in [-0.1, -0.05) is 11.6 Å². The molecular weight excluding hydrogens is 419 g/mol. The van der Waals surface area contributed by atoms with Gasteiger partial charge in [-0.3, -0.25) is 14.6 Å². The van der Waals surface area contributed by atoms with Gasteiger partial charge in [-0.15, -0.1) is 11.3 Å². The standard InChI is InChI=1S/C22H23FN4O3S/c1-13-2-3-15(11-16(10-13)26-21-24-9-6-18(28)27-21)17-12-25-20(31-17)22(23)7-4-14(5-8-22)19(29)30/h2,6,9-12,14H,3-5,7-8H2,1H3,(H,29,30)(H2,24,26,27,28). The number of carboxylic acids is 1. The van der Waals surface area contributed by atoms with Gasteiger partial charge in [0.25, 0.3) is 5.56 Å². The van der Waals surface area contributed by atoms with Crippen molar-refractivity contribution in [2.24, 2.45) is 5.92 Å². The van der Waals surface area contributed by atoms with Crippen LogP contribution in [0.4, 0.5) is 10.3 Å². The summed E-state index contributed by atoms with van der Waals surface area (Å²) in [7, 11) is 0. The lowest BCUT2D eigenvalue weighted by Gasteiger charge is -2.30. The normalized spacial score (nSPS) is 23.9. The Balaban J connectivity index is 1.56. The lowest BCUT2D eigenvalue weighted by Crippen LogP contribution is -2.30. The maximum atomic E-state index is 15.5. The highest BCUT2D eigenvalue weighted by Gasteiger charge is 2.41. The van der Waals surface area contributed by atoms with Gasteiger partial charge in [0, 0.05) is 24.2 Å². The summed E-state index contributed by atoms with van der Waals surface area (Å²) in [5.74, 6) is -0.988. The van der Waals surface area contributed by atoms with Crippen LogP contribution in [0.15, 0.2) is 52.8 Å². The smallest absolute Gasteiger partial charge is 0.306 e. The van der Waals surface area contributed by atoms with E-state index in [2.05, 4.69) is 26.3 Å². The zero-order valence-corrected chi connectivity index (χ0v) is 17.8. The average molecular weight is 443 g/mol. The van der Waals surface area contributed by atoms with Crippen molar-refractivity contribution in [3.05, 3.63) is 68.2 Å². The van der Waals surface area contributed by atoms with Crippen LogP contribution < -0.4 is 10.9 Å². The Morgan fingerprint density at radius 3 is 2.81 bits per heavy atom. The fourth-order valence-electron chi connectivity index (χ4n) is 3.84. The van der Waals surface area contributed by atoms with Crippen LogP contribution >= 0.6 is 11.3 Å². The molecule has 0 unspecified atom stereocenters. The first-order chi connectivity index (χ1) is 14.8. The Bertz CT molecular complexity index is 1140. The summed E-state index contributed by atoms with van der Waals surface area (Å²) in [6, 6.07) is 1.34. The van der Waals surface area contributed by atoms with Crippen LogP contribution in [-0.2, 0) is 10.5 Å². The van der Waals surface area contributed by atoms with Crippen molar-refractivity contribution in [2.45, 2.75) is 44.7 Å². The van der Waals surface area contributed by atoms with E-state index in [-0.39, 0.29) is 18.4 Å². The highest BCUT2D eigenvalue weighted by molar-refractivity contribution is 7.12. The van der Waals surface area contributed by atoms with E-state index in [4.69, 9.17) is 5.11 Å². The van der Waals surface area contributed by atoms with Gasteiger partial charge in [0.05, 0.1) is 10.8 Å². The number of rotatable bonds is 5. The first-order valence-electron chi connectivity index (χ1n) is 10.1. The predicted molar refractivity (Wildman–Crippen MR) is 117 cm³/mol. The molecule has 0 aromatic carbocycles. The summed E-state index contributed by atoms with van der Waals surface area (Å²) in [5.41, 5.74) is 0.950. The third-order valence-corrected chi connectivity index (χ3v) is 6.88. The van der Waals surface area contributed by atoms with Crippen molar-refractivity contribution in [3.63, 3.8) is 0 Å². The Morgan fingerprint density at radius 2 is 2.10 bits per heavy atom. The lowest BCUT2D eigenvalue weighted by atomic mass is 9.80. The number of thiazole rings is 1. The fraction of sp³-hybridized carbons (Fsp3) is 0.364. The number of nitrogens with one attached hydrogen (secondary N) is 2. The van der Waals surface area contributed by atoms with Crippen molar-refractivity contribution >= 4 is 28.8 Å². The molecule has 4 rings (SSSR count). The molecule has 0 saturated heterocycles. The molecule has 162 valence electrons. The average Bonchev–Trinajstić information content (AvgIpc) is 3.15. The molecule has 2 heterocycles. The van der Waals surface area contributed by atoms with Crippen molar-refractivity contribution in [1.29, 1.82) is 0 Å². The molecule has 0 spiro atoms. The molecule has 2 aromatic rings. The highest BCUT2D eigenvalue weighted by atomic mass is 32.1. The van der Waals surface area contributed by atoms with Gasteiger partial charge in [0.15, 0.2) is 5.67 Å². The number of allylic oxidation sites excluding steroid dienone is 5. The summed E-state index contributed by atoms with van der Waals surface area (Å²) < 4.78 is 15.5. The first kappa shape index (κ1) is 21.2. The van der Waals surface area contributed by atoms with E-state index in [0.717, 1.165) is 21.7 Å². The van der Waals surface area contributed by atoms with E-state index in [9.17, 15) is 9.59 Å². The minimum absolute atomic E-state index is 0.175. The third-order valence-electron chi connectivity index (χ3n) is 5.62. The molecule has 1 saturated carbocycles. The predicted octanol–water partition coefficient (Wildman–Crippen LogP) is 4.40. The second kappa shape index (κ2) is 8.58. The van der Waals surface area contributed by atoms with Gasteiger partial charge in [0.2, 0.25) is 5.95 Å². The molecule has 3 N–H and O–H groups in total. The summed E-state index contributed by atoms with van der Waals surface area (Å²) in [4.78, 5) is 34.7. The fourth-order valence-corrected chi connectivity index (χ4v) is 4.92. The van der Waals surface area contributed by atoms with Gasteiger partial charge >= 0.3 is 5.97 Å². The topological polar surface area (TPSA) is 108 Å². The number of nitrogens with zero attached hydrogens (tertiary/aromatic N) is 2. The molecule has 9 heteroatoms. The number of anilines is 1. The number of halogens is 1. The maximum Gasteiger partial charge on any atom is 0.306 e. The van der Waals surface area contributed by atoms with E-state index >= 15 is 4.39 Å². The quantitative estimate of drug-likeness (QED) is 0.634. The number of carboxylic acid groups (broad SMARTS) is 1. The zero-order chi connectivity index (χ0) is 22.0. The van der Waals surface area contributed by atoms with Crippen LogP contribution in [0.5, 0.6) is 0 Å². The largest absolute Gasteiger partial charge is 0.481 e. The minimum Gasteiger partial charge on any atom is -0.481 e. The van der Waals surface area contributed by atoms with Gasteiger partial charge in [-0.25, -0.2) is 14.4 Å². The number of aromatic nitrogens is 3. The molecule has 2 aromatic heterocycles. The summed E-state index contributed by atoms with van der Waals surface area (Å²) >= 11 is 1.32. The van der Waals surface area contributed by atoms with Crippen LogP contribution in [-0.4, -0.2) is 26.0 Å². The Labute approximate surface area is 182 Å². The number of hydrogen-bond acceptors (Lipinski definition) is 6. The lowest BCUT2D eigenvalue weighted by molar-refractivity contribution is -0.143. The van der Waals surface area contributed by atoms with Gasteiger partial charge in [0.1, 0.15) is 5.01 Å². The van der Waals surface area contributed by atoms with Crippen molar-refractivity contribution in [3.8, 4) is 0 Å². The molecule has 0 amide bonds. The molecular formula is C22H23FN4O3S. The Kier molecular flexibility index (Phi) is 5.86. The number of carbonyl (C=O) groups is 1. The van der Waals surface area contributed by atoms with E-state index in [1.165, 1.54) is 23.6 Å². The minimum atomic E-state index is -1.57. The molecule has 2 aliphatic carbocycles. The SMILES string of the molecule is CC1=CCC(c2cnc(C3(F)CCC(C(=O)O)CC3)s2)=CC(Nc2nccc(=O)[nH]2)=C1. The first-order valence-corrected chi connectivity index (χ1v) is 10.9. The molecule has 7 nitrogen and oxygen atoms in total. The highest BCUT2D eigenvalue weighted by Crippen LogP contribution is 2.45. The molecule has 2 aliphatic rings. The summed E-state index contributed by atoms with van der Waals surface area (Å²) in [6.45, 7) is 1.98. The number of aliphatic carboxylic acids is 1. The Hall–Kier alpha value is -3.07. The van der Waals surface area contributed by atoms with Crippen LogP contribution in [0, 0.1) is 5.92 Å². The molecule has 0 atom stereocenters. The van der Waals surface area contributed by atoms with Gasteiger partial charge < -0.3 is 10.4 Å².